The van der Waals surface area contributed by atoms with Gasteiger partial charge in [-0.2, -0.15) is 0 Å². The van der Waals surface area contributed by atoms with Gasteiger partial charge in [0.25, 0.3) is 0 Å². The average Bonchev–Trinajstić information content (AvgIpc) is 2.61. The monoisotopic (exact) mass is 400 g/mol. The van der Waals surface area contributed by atoms with Crippen LogP contribution < -0.4 is 0 Å². The topological polar surface area (TPSA) is 154 Å². The average molecular weight is 400 g/mol. The number of allylic oxidation sites excluding steroid dienone is 1. The van der Waals surface area contributed by atoms with E-state index in [1.165, 1.54) is 12.2 Å². The molecule has 5 N–H and O–H groups in total. The molecule has 158 valence electrons. The molecular weight excluding hydrogens is 372 g/mol. The zero-order valence-corrected chi connectivity index (χ0v) is 16.1. The summed E-state index contributed by atoms with van der Waals surface area (Å²) in [6.07, 6.45) is -3.36. The Balaban J connectivity index is 2.02. The Morgan fingerprint density at radius 2 is 1.93 bits per heavy atom. The van der Waals surface area contributed by atoms with Crippen molar-refractivity contribution >= 4 is 11.6 Å². The summed E-state index contributed by atoms with van der Waals surface area (Å²) in [5.41, 5.74) is -1.87. The summed E-state index contributed by atoms with van der Waals surface area (Å²) in [6, 6.07) is 0. The number of ether oxygens (including phenoxy) is 2. The van der Waals surface area contributed by atoms with Crippen molar-refractivity contribution in [1.82, 2.24) is 0 Å². The molecule has 2 rings (SSSR count). The van der Waals surface area contributed by atoms with Crippen LogP contribution in [-0.4, -0.2) is 86.6 Å². The van der Waals surface area contributed by atoms with E-state index in [1.807, 2.05) is 0 Å². The Labute approximate surface area is 162 Å². The van der Waals surface area contributed by atoms with Crippen molar-refractivity contribution in [2.24, 2.45) is 5.41 Å². The van der Waals surface area contributed by atoms with Gasteiger partial charge in [0.15, 0.2) is 17.9 Å². The molecule has 0 aromatic heterocycles. The van der Waals surface area contributed by atoms with E-state index < -0.39 is 60.7 Å². The van der Waals surface area contributed by atoms with Gasteiger partial charge in [-0.3, -0.25) is 9.59 Å². The lowest BCUT2D eigenvalue weighted by molar-refractivity contribution is -0.298. The molecule has 0 amide bonds. The molecule has 0 aromatic rings. The van der Waals surface area contributed by atoms with E-state index in [9.17, 15) is 30.0 Å². The van der Waals surface area contributed by atoms with Crippen LogP contribution in [0.15, 0.2) is 23.8 Å². The van der Waals surface area contributed by atoms with Crippen molar-refractivity contribution in [2.45, 2.75) is 63.5 Å². The normalized spacial score (nSPS) is 38.5. The highest BCUT2D eigenvalue weighted by molar-refractivity contribution is 5.94. The van der Waals surface area contributed by atoms with E-state index in [0.717, 1.165) is 6.08 Å². The quantitative estimate of drug-likeness (QED) is 0.339. The summed E-state index contributed by atoms with van der Waals surface area (Å²) >= 11 is 0. The van der Waals surface area contributed by atoms with Crippen LogP contribution in [0, 0.1) is 5.41 Å². The maximum Gasteiger partial charge on any atom is 0.187 e. The van der Waals surface area contributed by atoms with Gasteiger partial charge in [-0.05, 0) is 30.7 Å². The van der Waals surface area contributed by atoms with Crippen LogP contribution in [0.5, 0.6) is 0 Å². The molecule has 28 heavy (non-hydrogen) atoms. The third-order valence-electron chi connectivity index (χ3n) is 5.38. The van der Waals surface area contributed by atoms with Crippen LogP contribution in [0.3, 0.4) is 0 Å². The largest absolute Gasteiger partial charge is 0.394 e. The minimum atomic E-state index is -1.60. The highest BCUT2D eigenvalue weighted by atomic mass is 16.7. The maximum absolute atomic E-state index is 12.1. The summed E-state index contributed by atoms with van der Waals surface area (Å²) in [5.74, 6) is -0.649. The molecule has 2 aliphatic rings. The smallest absolute Gasteiger partial charge is 0.187 e. The minimum absolute atomic E-state index is 0.0992. The highest BCUT2D eigenvalue weighted by Gasteiger charge is 2.47. The molecule has 6 unspecified atom stereocenters. The molecule has 1 heterocycles. The molecule has 1 aliphatic carbocycles. The Hall–Kier alpha value is -1.46. The van der Waals surface area contributed by atoms with Crippen molar-refractivity contribution in [1.29, 1.82) is 0 Å². The number of carbonyl (C=O) groups excluding carboxylic acids is 2. The standard InChI is InChI=1S/C19H28O9/c1-10-6-12(22)7-18(2,3)19(10,26)5-4-11(21)9-27-17-16(25)15(24)14(23)13(8-20)28-17/h4-6,13-17,20,23-26H,7-9H2,1-3H3. The highest BCUT2D eigenvalue weighted by Crippen LogP contribution is 2.44. The van der Waals surface area contributed by atoms with Gasteiger partial charge < -0.3 is 35.0 Å². The number of aliphatic hydroxyl groups excluding tert-OH is 4. The summed E-state index contributed by atoms with van der Waals surface area (Å²) in [4.78, 5) is 23.9. The van der Waals surface area contributed by atoms with Gasteiger partial charge in [0, 0.05) is 11.8 Å². The molecule has 0 saturated carbocycles. The summed E-state index contributed by atoms with van der Waals surface area (Å²) in [6.45, 7) is 3.92. The first-order chi connectivity index (χ1) is 12.9. The molecular formula is C19H28O9. The summed E-state index contributed by atoms with van der Waals surface area (Å²) in [5, 5.41) is 49.4. The van der Waals surface area contributed by atoms with E-state index in [1.54, 1.807) is 20.8 Å². The Morgan fingerprint density at radius 1 is 1.29 bits per heavy atom. The van der Waals surface area contributed by atoms with Gasteiger partial charge in [0.1, 0.15) is 36.6 Å². The molecule has 1 fully saturated rings. The third-order valence-corrected chi connectivity index (χ3v) is 5.38. The summed E-state index contributed by atoms with van der Waals surface area (Å²) in [7, 11) is 0. The van der Waals surface area contributed by atoms with Gasteiger partial charge in [-0.25, -0.2) is 0 Å². The first-order valence-corrected chi connectivity index (χ1v) is 9.01. The Bertz CT molecular complexity index is 666. The molecule has 6 atom stereocenters. The molecule has 1 saturated heterocycles. The number of hydrogen-bond donors (Lipinski definition) is 5. The first-order valence-electron chi connectivity index (χ1n) is 9.01. The molecule has 0 radical (unpaired) electrons. The second-order valence-electron chi connectivity index (χ2n) is 7.93. The fourth-order valence-electron chi connectivity index (χ4n) is 3.49. The predicted molar refractivity (Wildman–Crippen MR) is 96.0 cm³/mol. The van der Waals surface area contributed by atoms with Crippen LogP contribution >= 0.6 is 0 Å². The second-order valence-corrected chi connectivity index (χ2v) is 7.93. The second kappa shape index (κ2) is 8.50. The van der Waals surface area contributed by atoms with E-state index in [4.69, 9.17) is 14.6 Å². The van der Waals surface area contributed by atoms with Gasteiger partial charge in [-0.1, -0.05) is 13.8 Å². The van der Waals surface area contributed by atoms with Crippen LogP contribution in [-0.2, 0) is 19.1 Å². The number of aliphatic hydroxyl groups is 5. The van der Waals surface area contributed by atoms with E-state index >= 15 is 0 Å². The van der Waals surface area contributed by atoms with Crippen molar-refractivity contribution in [3.8, 4) is 0 Å². The van der Waals surface area contributed by atoms with E-state index in [0.29, 0.717) is 5.57 Å². The predicted octanol–water partition coefficient (Wildman–Crippen LogP) is -1.40. The lowest BCUT2D eigenvalue weighted by Gasteiger charge is -2.43. The van der Waals surface area contributed by atoms with Crippen LogP contribution in [0.2, 0.25) is 0 Å². The first kappa shape index (κ1) is 22.8. The Morgan fingerprint density at radius 3 is 2.50 bits per heavy atom. The lowest BCUT2D eigenvalue weighted by atomic mass is 9.64. The molecule has 1 aliphatic heterocycles. The zero-order valence-electron chi connectivity index (χ0n) is 16.1. The third kappa shape index (κ3) is 4.41. The maximum atomic E-state index is 12.1. The van der Waals surface area contributed by atoms with Gasteiger partial charge in [0.05, 0.1) is 6.61 Å². The van der Waals surface area contributed by atoms with Gasteiger partial charge in [0.2, 0.25) is 0 Å². The van der Waals surface area contributed by atoms with Crippen molar-refractivity contribution in [2.75, 3.05) is 13.2 Å². The zero-order chi connectivity index (χ0) is 21.3. The fourth-order valence-corrected chi connectivity index (χ4v) is 3.49. The van der Waals surface area contributed by atoms with Crippen molar-refractivity contribution in [3.63, 3.8) is 0 Å². The van der Waals surface area contributed by atoms with Crippen LogP contribution in [0.4, 0.5) is 0 Å². The number of ketones is 2. The number of hydrogen-bond acceptors (Lipinski definition) is 9. The number of carbonyl (C=O) groups is 2. The van der Waals surface area contributed by atoms with Crippen LogP contribution in [0.1, 0.15) is 27.2 Å². The molecule has 0 spiro atoms. The SMILES string of the molecule is CC1=CC(=O)CC(C)(C)C1(O)C=CC(=O)COC1OC(CO)C(O)C(O)C1O. The van der Waals surface area contributed by atoms with E-state index in [-0.39, 0.29) is 12.2 Å². The van der Waals surface area contributed by atoms with E-state index in [2.05, 4.69) is 0 Å². The van der Waals surface area contributed by atoms with Crippen molar-refractivity contribution in [3.05, 3.63) is 23.8 Å². The summed E-state index contributed by atoms with van der Waals surface area (Å²) < 4.78 is 10.3. The number of rotatable bonds is 6. The fraction of sp³-hybridized carbons (Fsp3) is 0.684. The van der Waals surface area contributed by atoms with Gasteiger partial charge in [-0.15, -0.1) is 0 Å². The van der Waals surface area contributed by atoms with Crippen LogP contribution in [0.25, 0.3) is 0 Å². The molecule has 9 nitrogen and oxygen atoms in total. The molecule has 0 bridgehead atoms. The Kier molecular flexibility index (Phi) is 6.93. The lowest BCUT2D eigenvalue weighted by Crippen LogP contribution is -2.59. The molecule has 9 heteroatoms. The van der Waals surface area contributed by atoms with Gasteiger partial charge >= 0.3 is 0 Å². The minimum Gasteiger partial charge on any atom is -0.394 e. The van der Waals surface area contributed by atoms with Crippen molar-refractivity contribution < 1.29 is 44.6 Å². The molecule has 0 aromatic carbocycles.